The summed E-state index contributed by atoms with van der Waals surface area (Å²) in [7, 11) is 1.41. The number of methoxy groups -OCH3 is 1. The number of ether oxygens (including phenoxy) is 1. The molecular formula is C10H13N5O3. The Balaban J connectivity index is 2.42. The molecule has 0 aliphatic carbocycles. The zero-order chi connectivity index (χ0) is 13.3. The minimum absolute atomic E-state index is 0.0859. The van der Waals surface area contributed by atoms with Crippen LogP contribution in [0.5, 0.6) is 0 Å². The molecule has 0 aliphatic heterocycles. The molecule has 0 radical (unpaired) electrons. The number of amides is 1. The molecule has 8 nitrogen and oxygen atoms in total. The average molecular weight is 251 g/mol. The number of nitrogens with one attached hydrogen (secondary N) is 2. The van der Waals surface area contributed by atoms with Gasteiger partial charge < -0.3 is 4.74 Å². The third kappa shape index (κ3) is 2.09. The molecule has 0 saturated carbocycles. The van der Waals surface area contributed by atoms with Gasteiger partial charge in [-0.15, -0.1) is 0 Å². The van der Waals surface area contributed by atoms with E-state index in [2.05, 4.69) is 25.1 Å². The predicted octanol–water partition coefficient (Wildman–Crippen LogP) is -0.381. The first-order valence-electron chi connectivity index (χ1n) is 5.27. The van der Waals surface area contributed by atoms with Crippen molar-refractivity contribution in [1.29, 1.82) is 0 Å². The Morgan fingerprint density at radius 3 is 2.83 bits per heavy atom. The van der Waals surface area contributed by atoms with Crippen molar-refractivity contribution in [2.24, 2.45) is 0 Å². The van der Waals surface area contributed by atoms with E-state index < -0.39 is 0 Å². The summed E-state index contributed by atoms with van der Waals surface area (Å²) in [5.74, 6) is 0.0144. The predicted molar refractivity (Wildman–Crippen MR) is 63.6 cm³/mol. The minimum Gasteiger partial charge on any atom is -0.375 e. The molecule has 2 aromatic rings. The van der Waals surface area contributed by atoms with Crippen LogP contribution in [0.4, 0.5) is 5.95 Å². The summed E-state index contributed by atoms with van der Waals surface area (Å²) in [4.78, 5) is 31.3. The summed E-state index contributed by atoms with van der Waals surface area (Å²) in [5, 5.41) is 5.13. The van der Waals surface area contributed by atoms with E-state index in [1.807, 2.05) is 0 Å². The molecule has 0 fully saturated rings. The van der Waals surface area contributed by atoms with Gasteiger partial charge in [-0.25, -0.2) is 4.98 Å². The van der Waals surface area contributed by atoms with Crippen LogP contribution in [0.15, 0.2) is 4.79 Å². The van der Waals surface area contributed by atoms with E-state index in [1.54, 1.807) is 13.8 Å². The molecule has 0 spiro atoms. The highest BCUT2D eigenvalue weighted by atomic mass is 16.5. The molecule has 2 aromatic heterocycles. The average Bonchev–Trinajstić information content (AvgIpc) is 2.69. The van der Waals surface area contributed by atoms with Gasteiger partial charge in [0.2, 0.25) is 5.95 Å². The number of aromatic nitrogens is 4. The Kier molecular flexibility index (Phi) is 3.11. The minimum atomic E-state index is -0.363. The molecule has 18 heavy (non-hydrogen) atoms. The van der Waals surface area contributed by atoms with Gasteiger partial charge >= 0.3 is 0 Å². The number of aromatic amines is 1. The SMILES string of the molecule is COCC(=O)Nc1nc2nc(C)c(C)c(=O)n2[nH]1. The zero-order valence-electron chi connectivity index (χ0n) is 10.3. The van der Waals surface area contributed by atoms with E-state index in [9.17, 15) is 9.59 Å². The number of nitrogens with zero attached hydrogens (tertiary/aromatic N) is 3. The molecule has 0 aliphatic rings. The van der Waals surface area contributed by atoms with Gasteiger partial charge in [0.15, 0.2) is 0 Å². The molecule has 8 heteroatoms. The number of carbonyl (C=O) groups is 1. The summed E-state index contributed by atoms with van der Waals surface area (Å²) in [6.07, 6.45) is 0. The highest BCUT2D eigenvalue weighted by molar-refractivity contribution is 5.90. The van der Waals surface area contributed by atoms with Crippen LogP contribution in [0.2, 0.25) is 0 Å². The summed E-state index contributed by atoms with van der Waals surface area (Å²) in [6.45, 7) is 3.33. The third-order valence-corrected chi connectivity index (χ3v) is 2.50. The lowest BCUT2D eigenvalue weighted by molar-refractivity contribution is -0.119. The van der Waals surface area contributed by atoms with E-state index >= 15 is 0 Å². The Morgan fingerprint density at radius 1 is 1.44 bits per heavy atom. The second-order valence-corrected chi connectivity index (χ2v) is 3.82. The van der Waals surface area contributed by atoms with Crippen LogP contribution < -0.4 is 10.9 Å². The smallest absolute Gasteiger partial charge is 0.277 e. The van der Waals surface area contributed by atoms with Gasteiger partial charge in [-0.2, -0.15) is 9.50 Å². The molecule has 0 saturated heterocycles. The molecule has 0 bridgehead atoms. The van der Waals surface area contributed by atoms with Crippen LogP contribution in [-0.4, -0.2) is 39.2 Å². The first kappa shape index (κ1) is 12.2. The molecule has 0 atom stereocenters. The Morgan fingerprint density at radius 2 is 2.17 bits per heavy atom. The fourth-order valence-corrected chi connectivity index (χ4v) is 1.46. The maximum Gasteiger partial charge on any atom is 0.277 e. The molecular weight excluding hydrogens is 238 g/mol. The van der Waals surface area contributed by atoms with Gasteiger partial charge in [-0.1, -0.05) is 0 Å². The van der Waals surface area contributed by atoms with Crippen molar-refractivity contribution in [3.8, 4) is 0 Å². The van der Waals surface area contributed by atoms with Crippen LogP contribution in [-0.2, 0) is 9.53 Å². The lowest BCUT2D eigenvalue weighted by atomic mass is 10.3. The van der Waals surface area contributed by atoms with E-state index in [0.717, 1.165) is 0 Å². The second-order valence-electron chi connectivity index (χ2n) is 3.82. The van der Waals surface area contributed by atoms with Crippen molar-refractivity contribution in [2.75, 3.05) is 19.0 Å². The molecule has 1 amide bonds. The van der Waals surface area contributed by atoms with Crippen LogP contribution in [0.1, 0.15) is 11.3 Å². The van der Waals surface area contributed by atoms with Crippen LogP contribution in [0.25, 0.3) is 5.78 Å². The van der Waals surface area contributed by atoms with Gasteiger partial charge in [0.05, 0.1) is 0 Å². The van der Waals surface area contributed by atoms with Gasteiger partial charge in [0, 0.05) is 18.4 Å². The lowest BCUT2D eigenvalue weighted by Crippen LogP contribution is -2.20. The highest BCUT2D eigenvalue weighted by Gasteiger charge is 2.11. The second kappa shape index (κ2) is 4.57. The fraction of sp³-hybridized carbons (Fsp3) is 0.400. The lowest BCUT2D eigenvalue weighted by Gasteiger charge is -1.98. The first-order valence-corrected chi connectivity index (χ1v) is 5.27. The summed E-state index contributed by atoms with van der Waals surface area (Å²) in [5.41, 5.74) is 0.907. The van der Waals surface area contributed by atoms with Crippen molar-refractivity contribution in [1.82, 2.24) is 19.6 Å². The number of carbonyl (C=O) groups excluding carboxylic acids is 1. The fourth-order valence-electron chi connectivity index (χ4n) is 1.46. The van der Waals surface area contributed by atoms with Crippen LogP contribution in [0.3, 0.4) is 0 Å². The van der Waals surface area contributed by atoms with Crippen molar-refractivity contribution < 1.29 is 9.53 Å². The third-order valence-electron chi connectivity index (χ3n) is 2.50. The zero-order valence-corrected chi connectivity index (χ0v) is 10.3. The summed E-state index contributed by atoms with van der Waals surface area (Å²) in [6, 6.07) is 0. The Hall–Kier alpha value is -2.22. The van der Waals surface area contributed by atoms with E-state index in [0.29, 0.717) is 11.3 Å². The molecule has 96 valence electrons. The number of H-pyrrole nitrogens is 1. The highest BCUT2D eigenvalue weighted by Crippen LogP contribution is 2.03. The van der Waals surface area contributed by atoms with Gasteiger partial charge in [0.25, 0.3) is 17.2 Å². The van der Waals surface area contributed by atoms with Crippen molar-refractivity contribution >= 4 is 17.6 Å². The summed E-state index contributed by atoms with van der Waals surface area (Å²) >= 11 is 0. The normalized spacial score (nSPS) is 10.8. The topological polar surface area (TPSA) is 101 Å². The van der Waals surface area contributed by atoms with Gasteiger partial charge in [0.1, 0.15) is 6.61 Å². The van der Waals surface area contributed by atoms with Crippen molar-refractivity contribution in [3.63, 3.8) is 0 Å². The van der Waals surface area contributed by atoms with Crippen LogP contribution in [0, 0.1) is 13.8 Å². The number of rotatable bonds is 3. The Labute approximate surface area is 102 Å². The Bertz CT molecular complexity index is 657. The largest absolute Gasteiger partial charge is 0.375 e. The molecule has 2 N–H and O–H groups in total. The van der Waals surface area contributed by atoms with E-state index in [1.165, 1.54) is 11.6 Å². The number of anilines is 1. The van der Waals surface area contributed by atoms with E-state index in [-0.39, 0.29) is 29.8 Å². The number of hydrogen-bond donors (Lipinski definition) is 2. The van der Waals surface area contributed by atoms with Crippen molar-refractivity contribution in [2.45, 2.75) is 13.8 Å². The quantitative estimate of drug-likeness (QED) is 0.774. The summed E-state index contributed by atoms with van der Waals surface area (Å²) < 4.78 is 5.86. The first-order chi connectivity index (χ1) is 8.52. The van der Waals surface area contributed by atoms with Gasteiger partial charge in [-0.3, -0.25) is 20.0 Å². The maximum absolute atomic E-state index is 11.9. The molecule has 2 heterocycles. The number of hydrogen-bond acceptors (Lipinski definition) is 5. The number of aryl methyl sites for hydroxylation is 1. The monoisotopic (exact) mass is 251 g/mol. The van der Waals surface area contributed by atoms with Gasteiger partial charge in [-0.05, 0) is 13.8 Å². The van der Waals surface area contributed by atoms with Crippen LogP contribution >= 0.6 is 0 Å². The molecule has 0 unspecified atom stereocenters. The maximum atomic E-state index is 11.9. The molecule has 0 aromatic carbocycles. The van der Waals surface area contributed by atoms with E-state index in [4.69, 9.17) is 0 Å². The van der Waals surface area contributed by atoms with Crippen molar-refractivity contribution in [3.05, 3.63) is 21.6 Å². The standard InChI is InChI=1S/C10H13N5O3/c1-5-6(2)11-10-13-9(12-7(16)4-18-3)14-15(10)8(5)17/h4H2,1-3H3,(H2,11,12,13,14,16). The molecule has 2 rings (SSSR count). The number of fused-ring (bicyclic) bond motifs is 1.